The summed E-state index contributed by atoms with van der Waals surface area (Å²) in [6.07, 6.45) is 2.29. The Bertz CT molecular complexity index is 1050. The van der Waals surface area contributed by atoms with Gasteiger partial charge in [0, 0.05) is 6.54 Å². The number of hydrogen-bond donors (Lipinski definition) is 10. The number of likely N-dealkylation sites (tertiary alicyclic amines) is 1. The number of carboxylic acid groups (broad SMARTS) is 1. The maximum absolute atomic E-state index is 13.4. The fourth-order valence-electron chi connectivity index (χ4n) is 5.17. The van der Waals surface area contributed by atoms with Gasteiger partial charge in [-0.1, -0.05) is 20.3 Å². The number of nitrogens with one attached hydrogen (secondary N) is 4. The summed E-state index contributed by atoms with van der Waals surface area (Å²) in [5, 5.41) is 39.8. The molecule has 5 amide bonds. The predicted octanol–water partition coefficient (Wildman–Crippen LogP) is -2.99. The molecule has 0 aliphatic carbocycles. The summed E-state index contributed by atoms with van der Waals surface area (Å²) in [6.45, 7) is 4.91. The SMILES string of the molecule is CC[C@H](C)[C@H](N)C(=O)N[C@@H](CCCCN)C(=O)N[C@H](C(=O)N[C@@H](CO)C(=O)N1CCC[C@H]1C(=O)N[C@@H](CCCCN)C(=O)O)[C@@H](C)O. The largest absolute Gasteiger partial charge is 0.480 e. The van der Waals surface area contributed by atoms with Crippen LogP contribution in [0.5, 0.6) is 0 Å². The first kappa shape index (κ1) is 41.6. The summed E-state index contributed by atoms with van der Waals surface area (Å²) in [7, 11) is 0. The molecule has 1 aliphatic heterocycles. The van der Waals surface area contributed by atoms with Crippen LogP contribution < -0.4 is 38.5 Å². The molecule has 270 valence electrons. The Labute approximate surface area is 276 Å². The highest BCUT2D eigenvalue weighted by molar-refractivity contribution is 5.96. The molecule has 8 atom stereocenters. The van der Waals surface area contributed by atoms with Crippen molar-refractivity contribution in [3.05, 3.63) is 0 Å². The number of carbonyl (C=O) groups is 6. The number of unbranched alkanes of at least 4 members (excludes halogenated alkanes) is 2. The summed E-state index contributed by atoms with van der Waals surface area (Å²) in [4.78, 5) is 78.6. The Morgan fingerprint density at radius 3 is 1.91 bits per heavy atom. The first-order chi connectivity index (χ1) is 22.2. The van der Waals surface area contributed by atoms with Crippen LogP contribution in [0, 0.1) is 5.92 Å². The number of aliphatic hydroxyl groups excluding tert-OH is 2. The quantitative estimate of drug-likeness (QED) is 0.0515. The lowest BCUT2D eigenvalue weighted by Gasteiger charge is -2.30. The van der Waals surface area contributed by atoms with E-state index in [2.05, 4.69) is 21.3 Å². The molecule has 1 aliphatic rings. The van der Waals surface area contributed by atoms with Crippen molar-refractivity contribution in [3.8, 4) is 0 Å². The molecule has 1 saturated heterocycles. The zero-order valence-electron chi connectivity index (χ0n) is 27.8. The third-order valence-electron chi connectivity index (χ3n) is 8.40. The van der Waals surface area contributed by atoms with Crippen LogP contribution in [-0.4, -0.2) is 124 Å². The number of nitrogens with two attached hydrogens (primary N) is 3. The van der Waals surface area contributed by atoms with Crippen LogP contribution in [0.25, 0.3) is 0 Å². The number of carboxylic acids is 1. The third-order valence-corrected chi connectivity index (χ3v) is 8.40. The van der Waals surface area contributed by atoms with E-state index in [0.29, 0.717) is 51.6 Å². The van der Waals surface area contributed by atoms with E-state index < -0.39 is 84.5 Å². The number of aliphatic hydroxyl groups is 2. The van der Waals surface area contributed by atoms with Crippen molar-refractivity contribution in [3.63, 3.8) is 0 Å². The van der Waals surface area contributed by atoms with Crippen molar-refractivity contribution < 1.29 is 44.1 Å². The van der Waals surface area contributed by atoms with E-state index in [1.54, 1.807) is 6.92 Å². The van der Waals surface area contributed by atoms with Crippen molar-refractivity contribution in [2.75, 3.05) is 26.2 Å². The first-order valence-corrected chi connectivity index (χ1v) is 16.4. The fourth-order valence-corrected chi connectivity index (χ4v) is 5.17. The molecule has 0 aromatic carbocycles. The highest BCUT2D eigenvalue weighted by Crippen LogP contribution is 2.19. The number of aliphatic carboxylic acids is 1. The minimum atomic E-state index is -1.58. The topological polar surface area (TPSA) is 293 Å². The molecule has 0 unspecified atom stereocenters. The maximum atomic E-state index is 13.4. The van der Waals surface area contributed by atoms with Crippen molar-refractivity contribution in [2.45, 2.75) is 121 Å². The lowest BCUT2D eigenvalue weighted by molar-refractivity contribution is -0.145. The minimum Gasteiger partial charge on any atom is -0.480 e. The van der Waals surface area contributed by atoms with Crippen LogP contribution in [-0.2, 0) is 28.8 Å². The number of nitrogens with zero attached hydrogens (tertiary/aromatic N) is 1. The molecular weight excluding hydrogens is 616 g/mol. The van der Waals surface area contributed by atoms with Gasteiger partial charge >= 0.3 is 5.97 Å². The molecule has 0 bridgehead atoms. The second-order valence-electron chi connectivity index (χ2n) is 12.1. The number of hydrogen-bond acceptors (Lipinski definition) is 11. The van der Waals surface area contributed by atoms with Crippen LogP contribution >= 0.6 is 0 Å². The number of amides is 5. The summed E-state index contributed by atoms with van der Waals surface area (Å²) >= 11 is 0. The summed E-state index contributed by atoms with van der Waals surface area (Å²) < 4.78 is 0. The minimum absolute atomic E-state index is 0.119. The zero-order chi connectivity index (χ0) is 35.7. The number of carbonyl (C=O) groups excluding carboxylic acids is 5. The predicted molar refractivity (Wildman–Crippen MR) is 172 cm³/mol. The van der Waals surface area contributed by atoms with Crippen molar-refractivity contribution in [1.29, 1.82) is 0 Å². The Kier molecular flexibility index (Phi) is 19.0. The van der Waals surface area contributed by atoms with Crippen LogP contribution in [0.1, 0.15) is 78.6 Å². The number of rotatable bonds is 22. The van der Waals surface area contributed by atoms with Gasteiger partial charge in [-0.15, -0.1) is 0 Å². The summed E-state index contributed by atoms with van der Waals surface area (Å²) in [5.74, 6) is -5.17. The van der Waals surface area contributed by atoms with Gasteiger partial charge < -0.3 is 58.7 Å². The molecule has 0 aromatic rings. The van der Waals surface area contributed by atoms with Gasteiger partial charge in [-0.25, -0.2) is 4.79 Å². The molecule has 0 saturated carbocycles. The van der Waals surface area contributed by atoms with E-state index in [9.17, 15) is 44.1 Å². The van der Waals surface area contributed by atoms with Crippen LogP contribution in [0.15, 0.2) is 0 Å². The van der Waals surface area contributed by atoms with E-state index in [0.717, 1.165) is 4.90 Å². The molecule has 1 rings (SSSR count). The fraction of sp³-hybridized carbons (Fsp3) is 0.800. The molecule has 13 N–H and O–H groups in total. The van der Waals surface area contributed by atoms with E-state index in [-0.39, 0.29) is 31.7 Å². The van der Waals surface area contributed by atoms with Crippen LogP contribution in [0.2, 0.25) is 0 Å². The third kappa shape index (κ3) is 13.3. The van der Waals surface area contributed by atoms with Gasteiger partial charge in [0.05, 0.1) is 18.8 Å². The maximum Gasteiger partial charge on any atom is 0.326 e. The molecule has 17 nitrogen and oxygen atoms in total. The van der Waals surface area contributed by atoms with Crippen LogP contribution in [0.4, 0.5) is 0 Å². The molecule has 47 heavy (non-hydrogen) atoms. The van der Waals surface area contributed by atoms with Gasteiger partial charge in [0.25, 0.3) is 0 Å². The van der Waals surface area contributed by atoms with Crippen molar-refractivity contribution >= 4 is 35.5 Å². The zero-order valence-corrected chi connectivity index (χ0v) is 27.8. The Morgan fingerprint density at radius 1 is 0.830 bits per heavy atom. The van der Waals surface area contributed by atoms with Gasteiger partial charge in [0.15, 0.2) is 0 Å². The van der Waals surface area contributed by atoms with Gasteiger partial charge in [0.2, 0.25) is 29.5 Å². The van der Waals surface area contributed by atoms with Gasteiger partial charge in [-0.3, -0.25) is 24.0 Å². The van der Waals surface area contributed by atoms with E-state index in [1.165, 1.54) is 6.92 Å². The Hall–Kier alpha value is -3.38. The average molecular weight is 673 g/mol. The second-order valence-corrected chi connectivity index (χ2v) is 12.1. The molecule has 1 fully saturated rings. The standard InChI is InChI=1S/C30H56N8O9/c1-4-17(2)23(33)27(43)34-19(10-5-7-13-31)25(41)37-24(18(3)40)28(44)36-21(16-39)29(45)38-15-9-12-22(38)26(42)35-20(30(46)47)11-6-8-14-32/h17-24,39-40H,4-16,31-33H2,1-3H3,(H,34,43)(H,35,42)(H,36,44)(H,37,41)(H,46,47)/t17-,18+,19-,20-,21-,22-,23-,24-/m0/s1. The van der Waals surface area contributed by atoms with E-state index >= 15 is 0 Å². The second kappa shape index (κ2) is 21.5. The average Bonchev–Trinajstić information content (AvgIpc) is 3.54. The summed E-state index contributed by atoms with van der Waals surface area (Å²) in [6, 6.07) is -7.30. The highest BCUT2D eigenvalue weighted by Gasteiger charge is 2.40. The highest BCUT2D eigenvalue weighted by atomic mass is 16.4. The lowest BCUT2D eigenvalue weighted by atomic mass is 9.98. The smallest absolute Gasteiger partial charge is 0.326 e. The van der Waals surface area contributed by atoms with Gasteiger partial charge in [0.1, 0.15) is 30.2 Å². The Balaban J connectivity index is 3.03. The lowest BCUT2D eigenvalue weighted by Crippen LogP contribution is -2.62. The van der Waals surface area contributed by atoms with E-state index in [4.69, 9.17) is 17.2 Å². The molecule has 0 radical (unpaired) electrons. The summed E-state index contributed by atoms with van der Waals surface area (Å²) in [5.41, 5.74) is 17.1. The molecular formula is C30H56N8O9. The monoisotopic (exact) mass is 672 g/mol. The first-order valence-electron chi connectivity index (χ1n) is 16.4. The molecule has 17 heteroatoms. The Morgan fingerprint density at radius 2 is 1.40 bits per heavy atom. The van der Waals surface area contributed by atoms with Crippen LogP contribution in [0.3, 0.4) is 0 Å². The normalized spacial score (nSPS) is 19.0. The molecule has 0 spiro atoms. The molecule has 0 aromatic heterocycles. The van der Waals surface area contributed by atoms with Crippen molar-refractivity contribution in [1.82, 2.24) is 26.2 Å². The molecule has 1 heterocycles. The van der Waals surface area contributed by atoms with Crippen molar-refractivity contribution in [2.24, 2.45) is 23.1 Å². The van der Waals surface area contributed by atoms with Gasteiger partial charge in [-0.2, -0.15) is 0 Å². The van der Waals surface area contributed by atoms with E-state index in [1.807, 2.05) is 6.92 Å². The van der Waals surface area contributed by atoms with Gasteiger partial charge in [-0.05, 0) is 77.3 Å².